The Balaban J connectivity index is 1.66. The summed E-state index contributed by atoms with van der Waals surface area (Å²) in [7, 11) is 0. The predicted octanol–water partition coefficient (Wildman–Crippen LogP) is 3.80. The number of carbonyl (C=O) groups is 1. The molecule has 1 saturated carbocycles. The molecule has 6 nitrogen and oxygen atoms in total. The smallest absolute Gasteiger partial charge is 0.276 e. The van der Waals surface area contributed by atoms with Crippen molar-refractivity contribution in [2.24, 2.45) is 23.2 Å². The molecule has 3 rings (SSSR count). The normalized spacial score (nSPS) is 28.0. The summed E-state index contributed by atoms with van der Waals surface area (Å²) >= 11 is 0. The first-order chi connectivity index (χ1) is 12.8. The topological polar surface area (TPSA) is 60.2 Å². The van der Waals surface area contributed by atoms with E-state index in [-0.39, 0.29) is 5.91 Å². The molecule has 1 aliphatic carbocycles. The molecule has 1 aliphatic heterocycles. The Morgan fingerprint density at radius 1 is 1.15 bits per heavy atom. The van der Waals surface area contributed by atoms with Gasteiger partial charge in [0.2, 0.25) is 0 Å². The van der Waals surface area contributed by atoms with Crippen LogP contribution in [-0.2, 0) is 4.74 Å². The van der Waals surface area contributed by atoms with Crippen molar-refractivity contribution in [3.8, 4) is 0 Å². The van der Waals surface area contributed by atoms with Gasteiger partial charge in [-0.2, -0.15) is 0 Å². The molecular weight excluding hydrogens is 340 g/mol. The average molecular weight is 377 g/mol. The summed E-state index contributed by atoms with van der Waals surface area (Å²) in [6.45, 7) is 14.4. The maximum atomic E-state index is 12.6. The zero-order valence-corrected chi connectivity index (χ0v) is 17.6. The Hall–Kier alpha value is -1.43. The van der Waals surface area contributed by atoms with Gasteiger partial charge in [-0.05, 0) is 48.9 Å². The summed E-state index contributed by atoms with van der Waals surface area (Å²) in [5.74, 6) is 2.08. The standard InChI is InChI=1S/C21H36N4O2/c1-15(2)17(5)21(16(3)4)8-6-18(7-9-21)25-14-19(22-23-25)20(26)24-10-12-27-13-11-24/h14-18H,6-13H2,1-5H3. The zero-order valence-electron chi connectivity index (χ0n) is 17.6. The molecule has 2 fully saturated rings. The summed E-state index contributed by atoms with van der Waals surface area (Å²) in [4.78, 5) is 14.4. The lowest BCUT2D eigenvalue weighted by molar-refractivity contribution is 0.00907. The highest BCUT2D eigenvalue weighted by Gasteiger charge is 2.43. The minimum absolute atomic E-state index is 0.0229. The molecule has 0 spiro atoms. The third-order valence-electron chi connectivity index (χ3n) is 7.34. The number of hydrogen-bond donors (Lipinski definition) is 0. The third-order valence-corrected chi connectivity index (χ3v) is 7.34. The fraction of sp³-hybridized carbons (Fsp3) is 0.857. The van der Waals surface area contributed by atoms with Gasteiger partial charge in [0.05, 0.1) is 25.5 Å². The Kier molecular flexibility index (Phi) is 6.24. The van der Waals surface area contributed by atoms with Crippen LogP contribution in [0.3, 0.4) is 0 Å². The van der Waals surface area contributed by atoms with Gasteiger partial charge < -0.3 is 9.64 Å². The van der Waals surface area contributed by atoms with Crippen molar-refractivity contribution in [2.45, 2.75) is 66.3 Å². The van der Waals surface area contributed by atoms with Crippen LogP contribution in [0.5, 0.6) is 0 Å². The number of aromatic nitrogens is 3. The van der Waals surface area contributed by atoms with Crippen LogP contribution in [0, 0.1) is 23.2 Å². The van der Waals surface area contributed by atoms with Crippen LogP contribution >= 0.6 is 0 Å². The van der Waals surface area contributed by atoms with Crippen LogP contribution in [0.2, 0.25) is 0 Å². The molecule has 2 heterocycles. The van der Waals surface area contributed by atoms with E-state index in [1.165, 1.54) is 12.8 Å². The van der Waals surface area contributed by atoms with E-state index in [2.05, 4.69) is 44.9 Å². The minimum atomic E-state index is -0.0229. The average Bonchev–Trinajstić information content (AvgIpc) is 3.17. The van der Waals surface area contributed by atoms with Crippen LogP contribution in [-0.4, -0.2) is 52.1 Å². The largest absolute Gasteiger partial charge is 0.378 e. The molecule has 0 N–H and O–H groups in total. The number of nitrogens with zero attached hydrogens (tertiary/aromatic N) is 4. The molecule has 0 aromatic carbocycles. The van der Waals surface area contributed by atoms with E-state index in [0.29, 0.717) is 61.2 Å². The first-order valence-corrected chi connectivity index (χ1v) is 10.6. The lowest BCUT2D eigenvalue weighted by Gasteiger charge is -2.49. The van der Waals surface area contributed by atoms with Crippen LogP contribution in [0.25, 0.3) is 0 Å². The van der Waals surface area contributed by atoms with Crippen molar-refractivity contribution in [3.63, 3.8) is 0 Å². The highest BCUT2D eigenvalue weighted by molar-refractivity contribution is 5.92. The molecule has 6 heteroatoms. The number of amides is 1. The SMILES string of the molecule is CC(C)C(C)C1(C(C)C)CCC(n2cc(C(=O)N3CCOCC3)nn2)CC1. The molecule has 2 aliphatic rings. The van der Waals surface area contributed by atoms with Crippen molar-refractivity contribution in [1.82, 2.24) is 19.9 Å². The third kappa shape index (κ3) is 4.05. The molecule has 0 radical (unpaired) electrons. The van der Waals surface area contributed by atoms with E-state index in [1.807, 2.05) is 15.8 Å². The van der Waals surface area contributed by atoms with Crippen molar-refractivity contribution in [2.75, 3.05) is 26.3 Å². The van der Waals surface area contributed by atoms with E-state index >= 15 is 0 Å². The highest BCUT2D eigenvalue weighted by atomic mass is 16.5. The number of ether oxygens (including phenoxy) is 1. The van der Waals surface area contributed by atoms with E-state index < -0.39 is 0 Å². The van der Waals surface area contributed by atoms with Crippen LogP contribution < -0.4 is 0 Å². The molecule has 1 saturated heterocycles. The first-order valence-electron chi connectivity index (χ1n) is 10.6. The summed E-state index contributed by atoms with van der Waals surface area (Å²) in [6, 6.07) is 0.356. The molecule has 1 unspecified atom stereocenters. The summed E-state index contributed by atoms with van der Waals surface area (Å²) in [5, 5.41) is 8.50. The van der Waals surface area contributed by atoms with E-state index in [4.69, 9.17) is 4.74 Å². The quantitative estimate of drug-likeness (QED) is 0.784. The minimum Gasteiger partial charge on any atom is -0.378 e. The Morgan fingerprint density at radius 3 is 2.33 bits per heavy atom. The predicted molar refractivity (Wildman–Crippen MR) is 106 cm³/mol. The number of morpholine rings is 1. The summed E-state index contributed by atoms with van der Waals surface area (Å²) in [6.07, 6.45) is 6.53. The Morgan fingerprint density at radius 2 is 1.78 bits per heavy atom. The fourth-order valence-electron chi connectivity index (χ4n) is 5.11. The second-order valence-corrected chi connectivity index (χ2v) is 9.14. The zero-order chi connectivity index (χ0) is 19.6. The second-order valence-electron chi connectivity index (χ2n) is 9.14. The monoisotopic (exact) mass is 376 g/mol. The lowest BCUT2D eigenvalue weighted by atomic mass is 9.57. The van der Waals surface area contributed by atoms with Gasteiger partial charge in [0.25, 0.3) is 5.91 Å². The molecule has 1 aromatic heterocycles. The number of hydrogen-bond acceptors (Lipinski definition) is 4. The highest BCUT2D eigenvalue weighted by Crippen LogP contribution is 2.52. The molecule has 1 aromatic rings. The van der Waals surface area contributed by atoms with E-state index in [0.717, 1.165) is 12.8 Å². The van der Waals surface area contributed by atoms with Crippen molar-refractivity contribution < 1.29 is 9.53 Å². The van der Waals surface area contributed by atoms with Gasteiger partial charge in [0.15, 0.2) is 5.69 Å². The second kappa shape index (κ2) is 8.29. The van der Waals surface area contributed by atoms with Gasteiger partial charge in [-0.25, -0.2) is 4.68 Å². The summed E-state index contributed by atoms with van der Waals surface area (Å²) in [5.41, 5.74) is 0.880. The lowest BCUT2D eigenvalue weighted by Crippen LogP contribution is -2.41. The van der Waals surface area contributed by atoms with E-state index in [9.17, 15) is 4.79 Å². The Labute approximate surface area is 163 Å². The van der Waals surface area contributed by atoms with Crippen LogP contribution in [0.1, 0.15) is 76.8 Å². The van der Waals surface area contributed by atoms with Gasteiger partial charge in [-0.1, -0.05) is 39.8 Å². The first kappa shape index (κ1) is 20.3. The van der Waals surface area contributed by atoms with E-state index in [1.54, 1.807) is 0 Å². The van der Waals surface area contributed by atoms with Crippen molar-refractivity contribution in [3.05, 3.63) is 11.9 Å². The maximum absolute atomic E-state index is 12.6. The molecule has 1 amide bonds. The molecular formula is C21H36N4O2. The van der Waals surface area contributed by atoms with Gasteiger partial charge in [-0.15, -0.1) is 5.10 Å². The van der Waals surface area contributed by atoms with Gasteiger partial charge in [0, 0.05) is 13.1 Å². The van der Waals surface area contributed by atoms with Gasteiger partial charge in [0.1, 0.15) is 0 Å². The number of carbonyl (C=O) groups excluding carboxylic acids is 1. The summed E-state index contributed by atoms with van der Waals surface area (Å²) < 4.78 is 7.27. The molecule has 152 valence electrons. The van der Waals surface area contributed by atoms with Crippen LogP contribution in [0.15, 0.2) is 6.20 Å². The van der Waals surface area contributed by atoms with Crippen LogP contribution in [0.4, 0.5) is 0 Å². The Bertz CT molecular complexity index is 626. The molecule has 1 atom stereocenters. The van der Waals surface area contributed by atoms with Gasteiger partial charge in [-0.3, -0.25) is 4.79 Å². The molecule has 0 bridgehead atoms. The maximum Gasteiger partial charge on any atom is 0.276 e. The molecule has 27 heavy (non-hydrogen) atoms. The van der Waals surface area contributed by atoms with Crippen molar-refractivity contribution >= 4 is 5.91 Å². The van der Waals surface area contributed by atoms with Crippen molar-refractivity contribution in [1.29, 1.82) is 0 Å². The van der Waals surface area contributed by atoms with Gasteiger partial charge >= 0.3 is 0 Å². The fourth-order valence-corrected chi connectivity index (χ4v) is 5.11. The number of rotatable bonds is 5.